The number of hydrogen-bond donors (Lipinski definition) is 1. The van der Waals surface area contributed by atoms with Gasteiger partial charge in [0.2, 0.25) is 4.93 Å². The van der Waals surface area contributed by atoms with Crippen molar-refractivity contribution in [3.8, 4) is 5.75 Å². The van der Waals surface area contributed by atoms with Gasteiger partial charge in [0.25, 0.3) is 0 Å². The molecule has 0 heterocycles. The maximum absolute atomic E-state index is 6.24. The average Bonchev–Trinajstić information content (AvgIpc) is 2.57. The third-order valence-corrected chi connectivity index (χ3v) is 3.95. The summed E-state index contributed by atoms with van der Waals surface area (Å²) in [6.07, 6.45) is 0. The monoisotopic (exact) mass is 292 g/mol. The molecule has 0 bridgehead atoms. The molecule has 0 unspecified atom stereocenters. The van der Waals surface area contributed by atoms with Crippen molar-refractivity contribution in [1.29, 1.82) is 0 Å². The van der Waals surface area contributed by atoms with Crippen molar-refractivity contribution >= 4 is 12.6 Å². The second-order valence-corrected chi connectivity index (χ2v) is 5.42. The van der Waals surface area contributed by atoms with E-state index in [1.165, 1.54) is 0 Å². The summed E-state index contributed by atoms with van der Waals surface area (Å²) in [5.41, 5.74) is 2.01. The zero-order chi connectivity index (χ0) is 14.5. The minimum Gasteiger partial charge on any atom is -0.468 e. The predicted molar refractivity (Wildman–Crippen MR) is 89.7 cm³/mol. The van der Waals surface area contributed by atoms with Crippen LogP contribution >= 0.6 is 12.6 Å². The first-order valence-electron chi connectivity index (χ1n) is 6.86. The highest BCUT2D eigenvalue weighted by Crippen LogP contribution is 2.38. The summed E-state index contributed by atoms with van der Waals surface area (Å²) >= 11 is 4.89. The first-order chi connectivity index (χ1) is 10.3. The molecule has 0 spiro atoms. The lowest BCUT2D eigenvalue weighted by Gasteiger charge is -2.30. The summed E-state index contributed by atoms with van der Waals surface area (Å²) in [4.78, 5) is -0.816. The Morgan fingerprint density at radius 2 is 0.952 bits per heavy atom. The molecule has 0 N–H and O–H groups in total. The van der Waals surface area contributed by atoms with Crippen molar-refractivity contribution in [2.24, 2.45) is 0 Å². The van der Waals surface area contributed by atoms with E-state index in [2.05, 4.69) is 0 Å². The molecule has 0 saturated heterocycles. The molecule has 0 fully saturated rings. The maximum Gasteiger partial charge on any atom is 0.203 e. The van der Waals surface area contributed by atoms with Gasteiger partial charge in [0.15, 0.2) is 0 Å². The van der Waals surface area contributed by atoms with E-state index in [4.69, 9.17) is 17.4 Å². The van der Waals surface area contributed by atoms with Crippen molar-refractivity contribution in [1.82, 2.24) is 0 Å². The van der Waals surface area contributed by atoms with Gasteiger partial charge in [-0.3, -0.25) is 0 Å². The summed E-state index contributed by atoms with van der Waals surface area (Å²) in [5.74, 6) is 0.792. The topological polar surface area (TPSA) is 9.23 Å². The lowest BCUT2D eigenvalue weighted by atomic mass is 10.0. The van der Waals surface area contributed by atoms with Crippen molar-refractivity contribution in [3.63, 3.8) is 0 Å². The lowest BCUT2D eigenvalue weighted by Crippen LogP contribution is -2.28. The van der Waals surface area contributed by atoms with Crippen molar-refractivity contribution in [2.45, 2.75) is 4.93 Å². The van der Waals surface area contributed by atoms with Crippen LogP contribution in [0, 0.1) is 0 Å². The van der Waals surface area contributed by atoms with Gasteiger partial charge in [0.1, 0.15) is 5.75 Å². The molecule has 0 atom stereocenters. The Morgan fingerprint density at radius 3 is 1.38 bits per heavy atom. The number of benzene rings is 3. The second-order valence-electron chi connectivity index (χ2n) is 4.79. The van der Waals surface area contributed by atoms with E-state index in [9.17, 15) is 0 Å². The van der Waals surface area contributed by atoms with Crippen LogP contribution in [-0.4, -0.2) is 0 Å². The van der Waals surface area contributed by atoms with E-state index in [1.807, 2.05) is 91.0 Å². The number of rotatable bonds is 4. The standard InChI is InChI=1S/C19H16OS/c21-19(16-10-4-1-5-11-16,17-12-6-2-7-13-17)20-18-14-8-3-9-15-18/h1-15,21H. The Morgan fingerprint density at radius 1 is 0.571 bits per heavy atom. The lowest BCUT2D eigenvalue weighted by molar-refractivity contribution is 0.212. The second kappa shape index (κ2) is 6.06. The minimum atomic E-state index is -0.816. The van der Waals surface area contributed by atoms with Gasteiger partial charge < -0.3 is 4.74 Å². The molecular formula is C19H16OS. The van der Waals surface area contributed by atoms with Gasteiger partial charge in [-0.15, -0.1) is 12.6 Å². The van der Waals surface area contributed by atoms with Crippen LogP contribution < -0.4 is 4.74 Å². The highest BCUT2D eigenvalue weighted by atomic mass is 32.1. The van der Waals surface area contributed by atoms with Gasteiger partial charge in [-0.25, -0.2) is 0 Å². The average molecular weight is 292 g/mol. The van der Waals surface area contributed by atoms with Crippen molar-refractivity contribution < 1.29 is 4.74 Å². The first-order valence-corrected chi connectivity index (χ1v) is 7.31. The van der Waals surface area contributed by atoms with E-state index in [1.54, 1.807) is 0 Å². The van der Waals surface area contributed by atoms with Crippen molar-refractivity contribution in [2.75, 3.05) is 0 Å². The molecule has 1 nitrogen and oxygen atoms in total. The molecule has 0 aliphatic carbocycles. The van der Waals surface area contributed by atoms with Gasteiger partial charge in [0.05, 0.1) is 0 Å². The first kappa shape index (κ1) is 13.8. The molecule has 0 aromatic heterocycles. The van der Waals surface area contributed by atoms with Gasteiger partial charge in [-0.2, -0.15) is 0 Å². The largest absolute Gasteiger partial charge is 0.468 e. The number of hydrogen-bond acceptors (Lipinski definition) is 2. The smallest absolute Gasteiger partial charge is 0.203 e. The van der Waals surface area contributed by atoms with Crippen LogP contribution in [-0.2, 0) is 4.93 Å². The van der Waals surface area contributed by atoms with E-state index in [0.29, 0.717) is 0 Å². The third kappa shape index (κ3) is 2.96. The van der Waals surface area contributed by atoms with Crippen LogP contribution in [0.25, 0.3) is 0 Å². The van der Waals surface area contributed by atoms with Gasteiger partial charge in [-0.1, -0.05) is 78.9 Å². The fourth-order valence-electron chi connectivity index (χ4n) is 2.27. The molecule has 0 aliphatic rings. The summed E-state index contributed by atoms with van der Waals surface area (Å²) in [5, 5.41) is 0. The van der Waals surface area contributed by atoms with Crippen molar-refractivity contribution in [3.05, 3.63) is 102 Å². The van der Waals surface area contributed by atoms with Crippen LogP contribution in [0.5, 0.6) is 5.75 Å². The molecule has 0 aliphatic heterocycles. The van der Waals surface area contributed by atoms with E-state index in [0.717, 1.165) is 16.9 Å². The molecule has 2 heteroatoms. The maximum atomic E-state index is 6.24. The molecule has 104 valence electrons. The number of thiol groups is 1. The Balaban J connectivity index is 2.07. The Labute approximate surface area is 130 Å². The fraction of sp³-hybridized carbons (Fsp3) is 0.0526. The summed E-state index contributed by atoms with van der Waals surface area (Å²) in [7, 11) is 0. The van der Waals surface area contributed by atoms with Crippen LogP contribution in [0.4, 0.5) is 0 Å². The van der Waals surface area contributed by atoms with Gasteiger partial charge in [-0.05, 0) is 12.1 Å². The summed E-state index contributed by atoms with van der Waals surface area (Å²) in [6, 6.07) is 29.9. The third-order valence-electron chi connectivity index (χ3n) is 3.34. The Bertz CT molecular complexity index is 641. The number of ether oxygens (including phenoxy) is 1. The van der Waals surface area contributed by atoms with E-state index < -0.39 is 4.93 Å². The van der Waals surface area contributed by atoms with Crippen LogP contribution in [0.3, 0.4) is 0 Å². The Hall–Kier alpha value is -2.19. The minimum absolute atomic E-state index is 0.792. The fourth-order valence-corrected chi connectivity index (χ4v) is 2.68. The zero-order valence-corrected chi connectivity index (χ0v) is 12.4. The van der Waals surface area contributed by atoms with E-state index >= 15 is 0 Å². The van der Waals surface area contributed by atoms with Crippen LogP contribution in [0.1, 0.15) is 11.1 Å². The molecule has 21 heavy (non-hydrogen) atoms. The summed E-state index contributed by atoms with van der Waals surface area (Å²) < 4.78 is 6.24. The molecule has 3 rings (SSSR count). The zero-order valence-electron chi connectivity index (χ0n) is 11.5. The van der Waals surface area contributed by atoms with Crippen LogP contribution in [0.15, 0.2) is 91.0 Å². The normalized spacial score (nSPS) is 11.1. The molecular weight excluding hydrogens is 276 g/mol. The predicted octanol–water partition coefficient (Wildman–Crippen LogP) is 4.90. The highest BCUT2D eigenvalue weighted by Gasteiger charge is 2.32. The molecule has 0 radical (unpaired) electrons. The van der Waals surface area contributed by atoms with Crippen LogP contribution in [0.2, 0.25) is 0 Å². The highest BCUT2D eigenvalue weighted by molar-refractivity contribution is 7.81. The quantitative estimate of drug-likeness (QED) is 0.532. The van der Waals surface area contributed by atoms with Gasteiger partial charge >= 0.3 is 0 Å². The SMILES string of the molecule is SC(Oc1ccccc1)(c1ccccc1)c1ccccc1. The number of para-hydroxylation sites is 1. The molecule has 3 aromatic carbocycles. The summed E-state index contributed by atoms with van der Waals surface area (Å²) in [6.45, 7) is 0. The van der Waals surface area contributed by atoms with Gasteiger partial charge in [0, 0.05) is 11.1 Å². The molecule has 0 saturated carbocycles. The molecule has 0 amide bonds. The Kier molecular flexibility index (Phi) is 3.98. The molecule has 3 aromatic rings. The van der Waals surface area contributed by atoms with E-state index in [-0.39, 0.29) is 0 Å².